The topological polar surface area (TPSA) is 55.2 Å². The molecule has 0 unspecified atom stereocenters. The molecule has 0 amide bonds. The van der Waals surface area contributed by atoms with Gasteiger partial charge in [-0.25, -0.2) is 0 Å². The SMILES string of the molecule is CCc1cccc(NCc2cc(Br)ccc2[N+](=O)[O-])c1. The summed E-state index contributed by atoms with van der Waals surface area (Å²) in [5.74, 6) is 0. The molecule has 0 saturated heterocycles. The van der Waals surface area contributed by atoms with Gasteiger partial charge in [-0.05, 0) is 36.2 Å². The van der Waals surface area contributed by atoms with Gasteiger partial charge in [-0.15, -0.1) is 0 Å². The van der Waals surface area contributed by atoms with Crippen molar-refractivity contribution in [3.63, 3.8) is 0 Å². The minimum Gasteiger partial charge on any atom is -0.381 e. The molecule has 0 saturated carbocycles. The number of anilines is 1. The molecule has 1 N–H and O–H groups in total. The second-order valence-corrected chi connectivity index (χ2v) is 5.35. The number of nitro groups is 1. The summed E-state index contributed by atoms with van der Waals surface area (Å²) in [5.41, 5.74) is 3.00. The predicted molar refractivity (Wildman–Crippen MR) is 83.9 cm³/mol. The van der Waals surface area contributed by atoms with E-state index in [1.165, 1.54) is 11.6 Å². The number of nitro benzene ring substituents is 1. The molecular weight excluding hydrogens is 320 g/mol. The van der Waals surface area contributed by atoms with E-state index in [1.807, 2.05) is 12.1 Å². The number of halogens is 1. The maximum Gasteiger partial charge on any atom is 0.274 e. The van der Waals surface area contributed by atoms with Crippen molar-refractivity contribution in [3.8, 4) is 0 Å². The van der Waals surface area contributed by atoms with E-state index in [2.05, 4.69) is 40.3 Å². The molecular formula is C15H15BrN2O2. The van der Waals surface area contributed by atoms with Gasteiger partial charge in [-0.3, -0.25) is 10.1 Å². The van der Waals surface area contributed by atoms with Crippen LogP contribution >= 0.6 is 15.9 Å². The minimum atomic E-state index is -0.355. The van der Waals surface area contributed by atoms with Crippen LogP contribution in [0.4, 0.5) is 11.4 Å². The van der Waals surface area contributed by atoms with E-state index in [9.17, 15) is 10.1 Å². The van der Waals surface area contributed by atoms with Crippen molar-refractivity contribution in [3.05, 3.63) is 68.2 Å². The highest BCUT2D eigenvalue weighted by Crippen LogP contribution is 2.24. The lowest BCUT2D eigenvalue weighted by atomic mass is 10.1. The molecule has 0 bridgehead atoms. The molecule has 0 aromatic heterocycles. The Morgan fingerprint density at radius 1 is 1.25 bits per heavy atom. The van der Waals surface area contributed by atoms with Crippen LogP contribution in [0.5, 0.6) is 0 Å². The molecule has 0 aliphatic heterocycles. The van der Waals surface area contributed by atoms with Crippen LogP contribution in [0.15, 0.2) is 46.9 Å². The van der Waals surface area contributed by atoms with Crippen molar-refractivity contribution >= 4 is 27.3 Å². The van der Waals surface area contributed by atoms with Crippen LogP contribution in [0.1, 0.15) is 18.1 Å². The minimum absolute atomic E-state index is 0.132. The van der Waals surface area contributed by atoms with Gasteiger partial charge in [-0.2, -0.15) is 0 Å². The summed E-state index contributed by atoms with van der Waals surface area (Å²) < 4.78 is 0.835. The predicted octanol–water partition coefficient (Wildman–Crippen LogP) is 4.53. The molecule has 0 radical (unpaired) electrons. The van der Waals surface area contributed by atoms with Crippen LogP contribution in [0.25, 0.3) is 0 Å². The maximum atomic E-state index is 11.0. The van der Waals surface area contributed by atoms with Gasteiger partial charge in [0, 0.05) is 28.3 Å². The van der Waals surface area contributed by atoms with Crippen molar-refractivity contribution in [1.29, 1.82) is 0 Å². The van der Waals surface area contributed by atoms with E-state index in [0.717, 1.165) is 16.6 Å². The Balaban J connectivity index is 2.17. The Hall–Kier alpha value is -1.88. The smallest absolute Gasteiger partial charge is 0.274 e. The van der Waals surface area contributed by atoms with Gasteiger partial charge < -0.3 is 5.32 Å². The third-order valence-corrected chi connectivity index (χ3v) is 3.55. The van der Waals surface area contributed by atoms with E-state index in [-0.39, 0.29) is 10.6 Å². The van der Waals surface area contributed by atoms with E-state index < -0.39 is 0 Å². The summed E-state index contributed by atoms with van der Waals surface area (Å²) in [7, 11) is 0. The summed E-state index contributed by atoms with van der Waals surface area (Å²) in [6.07, 6.45) is 0.965. The van der Waals surface area contributed by atoms with Gasteiger partial charge in [0.1, 0.15) is 0 Å². The molecule has 0 aliphatic rings. The summed E-state index contributed by atoms with van der Waals surface area (Å²) >= 11 is 3.34. The van der Waals surface area contributed by atoms with Gasteiger partial charge in [-0.1, -0.05) is 35.0 Å². The van der Waals surface area contributed by atoms with Gasteiger partial charge in [0.2, 0.25) is 0 Å². The molecule has 0 atom stereocenters. The monoisotopic (exact) mass is 334 g/mol. The normalized spacial score (nSPS) is 10.3. The van der Waals surface area contributed by atoms with Gasteiger partial charge in [0.05, 0.1) is 4.92 Å². The van der Waals surface area contributed by atoms with Crippen molar-refractivity contribution in [2.45, 2.75) is 19.9 Å². The van der Waals surface area contributed by atoms with Crippen LogP contribution < -0.4 is 5.32 Å². The average molecular weight is 335 g/mol. The molecule has 2 rings (SSSR count). The van der Waals surface area contributed by atoms with Crippen LogP contribution in [0.3, 0.4) is 0 Å². The first-order chi connectivity index (χ1) is 9.60. The van der Waals surface area contributed by atoms with Crippen molar-refractivity contribution in [1.82, 2.24) is 0 Å². The fraction of sp³-hybridized carbons (Fsp3) is 0.200. The Morgan fingerprint density at radius 3 is 2.75 bits per heavy atom. The Bertz CT molecular complexity index is 629. The van der Waals surface area contributed by atoms with Crippen LogP contribution in [-0.4, -0.2) is 4.92 Å². The molecule has 0 spiro atoms. The van der Waals surface area contributed by atoms with Gasteiger partial charge in [0.25, 0.3) is 5.69 Å². The number of benzene rings is 2. The highest BCUT2D eigenvalue weighted by atomic mass is 79.9. The number of aryl methyl sites for hydroxylation is 1. The van der Waals surface area contributed by atoms with E-state index in [0.29, 0.717) is 12.1 Å². The molecule has 5 heteroatoms. The van der Waals surface area contributed by atoms with Crippen molar-refractivity contribution in [2.24, 2.45) is 0 Å². The summed E-state index contributed by atoms with van der Waals surface area (Å²) in [6, 6.07) is 13.0. The Morgan fingerprint density at radius 2 is 2.05 bits per heavy atom. The zero-order valence-corrected chi connectivity index (χ0v) is 12.7. The number of rotatable bonds is 5. The first kappa shape index (κ1) is 14.5. The zero-order chi connectivity index (χ0) is 14.5. The standard InChI is InChI=1S/C15H15BrN2O2/c1-2-11-4-3-5-14(8-11)17-10-12-9-13(16)6-7-15(12)18(19)20/h3-9,17H,2,10H2,1H3. The molecule has 2 aromatic carbocycles. The number of nitrogens with one attached hydrogen (secondary N) is 1. The lowest BCUT2D eigenvalue weighted by Crippen LogP contribution is -2.03. The molecule has 104 valence electrons. The summed E-state index contributed by atoms with van der Waals surface area (Å²) in [4.78, 5) is 10.7. The van der Waals surface area contributed by atoms with Crippen LogP contribution in [0, 0.1) is 10.1 Å². The van der Waals surface area contributed by atoms with E-state index in [4.69, 9.17) is 0 Å². The quantitative estimate of drug-likeness (QED) is 0.645. The molecule has 0 heterocycles. The largest absolute Gasteiger partial charge is 0.381 e. The first-order valence-electron chi connectivity index (χ1n) is 6.35. The third kappa shape index (κ3) is 3.57. The summed E-state index contributed by atoms with van der Waals surface area (Å²) in [6.45, 7) is 2.52. The van der Waals surface area contributed by atoms with E-state index in [1.54, 1.807) is 12.1 Å². The van der Waals surface area contributed by atoms with Gasteiger partial charge >= 0.3 is 0 Å². The Labute approximate surface area is 126 Å². The molecule has 2 aromatic rings. The molecule has 4 nitrogen and oxygen atoms in total. The van der Waals surface area contributed by atoms with Crippen molar-refractivity contribution < 1.29 is 4.92 Å². The first-order valence-corrected chi connectivity index (χ1v) is 7.15. The number of hydrogen-bond donors (Lipinski definition) is 1. The third-order valence-electron chi connectivity index (χ3n) is 3.06. The fourth-order valence-corrected chi connectivity index (χ4v) is 2.38. The molecule has 20 heavy (non-hydrogen) atoms. The lowest BCUT2D eigenvalue weighted by Gasteiger charge is -2.09. The number of hydrogen-bond acceptors (Lipinski definition) is 3. The van der Waals surface area contributed by atoms with Crippen LogP contribution in [0.2, 0.25) is 0 Å². The van der Waals surface area contributed by atoms with Crippen LogP contribution in [-0.2, 0) is 13.0 Å². The maximum absolute atomic E-state index is 11.0. The number of nitrogens with zero attached hydrogens (tertiary/aromatic N) is 1. The highest BCUT2D eigenvalue weighted by molar-refractivity contribution is 9.10. The van der Waals surface area contributed by atoms with Gasteiger partial charge in [0.15, 0.2) is 0 Å². The lowest BCUT2D eigenvalue weighted by molar-refractivity contribution is -0.385. The van der Waals surface area contributed by atoms with Crippen molar-refractivity contribution in [2.75, 3.05) is 5.32 Å². The Kier molecular flexibility index (Phi) is 4.74. The zero-order valence-electron chi connectivity index (χ0n) is 11.1. The second-order valence-electron chi connectivity index (χ2n) is 4.44. The molecule has 0 aliphatic carbocycles. The average Bonchev–Trinajstić information content (AvgIpc) is 2.45. The summed E-state index contributed by atoms with van der Waals surface area (Å²) in [5, 5.41) is 14.2. The van der Waals surface area contributed by atoms with E-state index >= 15 is 0 Å². The highest BCUT2D eigenvalue weighted by Gasteiger charge is 2.13. The fourth-order valence-electron chi connectivity index (χ4n) is 1.97. The molecule has 0 fully saturated rings. The second kappa shape index (κ2) is 6.52.